The van der Waals surface area contributed by atoms with E-state index in [4.69, 9.17) is 0 Å². The van der Waals surface area contributed by atoms with E-state index in [0.717, 1.165) is 51.4 Å². The van der Waals surface area contributed by atoms with E-state index in [0.29, 0.717) is 26.1 Å². The van der Waals surface area contributed by atoms with Gasteiger partial charge in [-0.25, -0.2) is 0 Å². The summed E-state index contributed by atoms with van der Waals surface area (Å²) in [5.74, 6) is 0.229. The van der Waals surface area contributed by atoms with E-state index >= 15 is 0 Å². The van der Waals surface area contributed by atoms with Crippen LogP contribution in [0.4, 0.5) is 0 Å². The molecule has 1 aliphatic carbocycles. The SMILES string of the molecule is O=C1CCCC1C1CCCN1S(=O)(=O)N1CCCCCC1. The number of carbonyl (C=O) groups excluding carboxylic acids is 1. The maximum atomic E-state index is 13.0. The molecule has 0 spiro atoms. The largest absolute Gasteiger partial charge is 0.299 e. The van der Waals surface area contributed by atoms with Gasteiger partial charge in [0.05, 0.1) is 0 Å². The lowest BCUT2D eigenvalue weighted by atomic mass is 9.96. The Hall–Kier alpha value is -0.460. The Morgan fingerprint density at radius 2 is 1.57 bits per heavy atom. The Morgan fingerprint density at radius 3 is 2.19 bits per heavy atom. The predicted octanol–water partition coefficient (Wildman–Crippen LogP) is 1.94. The topological polar surface area (TPSA) is 57.7 Å². The van der Waals surface area contributed by atoms with E-state index in [1.54, 1.807) is 8.61 Å². The number of hydrogen-bond acceptors (Lipinski definition) is 3. The molecule has 2 aliphatic heterocycles. The molecule has 0 aromatic rings. The monoisotopic (exact) mass is 314 g/mol. The van der Waals surface area contributed by atoms with E-state index in [-0.39, 0.29) is 17.7 Å². The zero-order valence-corrected chi connectivity index (χ0v) is 13.5. The summed E-state index contributed by atoms with van der Waals surface area (Å²) in [6.45, 7) is 1.88. The molecule has 3 rings (SSSR count). The van der Waals surface area contributed by atoms with Crippen molar-refractivity contribution >= 4 is 16.0 Å². The molecule has 5 nitrogen and oxygen atoms in total. The zero-order valence-electron chi connectivity index (χ0n) is 12.7. The molecule has 0 radical (unpaired) electrons. The van der Waals surface area contributed by atoms with Crippen LogP contribution in [0.5, 0.6) is 0 Å². The fraction of sp³-hybridized carbons (Fsp3) is 0.933. The Morgan fingerprint density at radius 1 is 0.857 bits per heavy atom. The summed E-state index contributed by atoms with van der Waals surface area (Å²) in [4.78, 5) is 12.0. The molecule has 3 fully saturated rings. The van der Waals surface area contributed by atoms with E-state index in [9.17, 15) is 13.2 Å². The number of Topliss-reactive ketones (excluding diaryl/α,β-unsaturated/α-hetero) is 1. The molecule has 3 aliphatic rings. The van der Waals surface area contributed by atoms with Gasteiger partial charge in [0.15, 0.2) is 0 Å². The lowest BCUT2D eigenvalue weighted by Gasteiger charge is -2.32. The Kier molecular flexibility index (Phi) is 4.66. The summed E-state index contributed by atoms with van der Waals surface area (Å²) in [6, 6.07) is -0.0757. The van der Waals surface area contributed by atoms with Crippen LogP contribution in [-0.2, 0) is 15.0 Å². The van der Waals surface area contributed by atoms with Crippen LogP contribution in [0.1, 0.15) is 57.8 Å². The molecule has 2 unspecified atom stereocenters. The number of rotatable bonds is 3. The van der Waals surface area contributed by atoms with E-state index in [2.05, 4.69) is 0 Å². The standard InChI is InChI=1S/C15H26N2O3S/c18-15-9-5-7-13(15)14-8-6-12-17(14)21(19,20)16-10-3-1-2-4-11-16/h13-14H,1-12H2. The van der Waals surface area contributed by atoms with Crippen molar-refractivity contribution in [2.45, 2.75) is 63.8 Å². The molecule has 0 bridgehead atoms. The summed E-state index contributed by atoms with van der Waals surface area (Å²) in [7, 11) is -3.38. The lowest BCUT2D eigenvalue weighted by Crippen LogP contribution is -2.49. The van der Waals surface area contributed by atoms with Crippen LogP contribution in [0.2, 0.25) is 0 Å². The molecule has 0 aromatic heterocycles. The summed E-state index contributed by atoms with van der Waals surface area (Å²) < 4.78 is 29.2. The average molecular weight is 314 g/mol. The molecular weight excluding hydrogens is 288 g/mol. The molecule has 21 heavy (non-hydrogen) atoms. The highest BCUT2D eigenvalue weighted by molar-refractivity contribution is 7.86. The second-order valence-corrected chi connectivity index (χ2v) is 8.49. The third-order valence-electron chi connectivity index (χ3n) is 5.25. The summed E-state index contributed by atoms with van der Waals surface area (Å²) in [5.41, 5.74) is 0. The fourth-order valence-corrected chi connectivity index (χ4v) is 6.10. The van der Waals surface area contributed by atoms with Crippen LogP contribution in [0.15, 0.2) is 0 Å². The highest BCUT2D eigenvalue weighted by atomic mass is 32.2. The van der Waals surface area contributed by atoms with Crippen LogP contribution in [0.25, 0.3) is 0 Å². The smallest absolute Gasteiger partial charge is 0.282 e. The van der Waals surface area contributed by atoms with Gasteiger partial charge < -0.3 is 0 Å². The molecule has 2 heterocycles. The Labute approximate surface area is 127 Å². The third kappa shape index (κ3) is 3.03. The first-order valence-electron chi connectivity index (χ1n) is 8.40. The number of carbonyl (C=O) groups is 1. The third-order valence-corrected chi connectivity index (χ3v) is 7.32. The number of nitrogens with zero attached hydrogens (tertiary/aromatic N) is 2. The van der Waals surface area contributed by atoms with Gasteiger partial charge in [-0.05, 0) is 38.5 Å². The van der Waals surface area contributed by atoms with Crippen LogP contribution < -0.4 is 0 Å². The van der Waals surface area contributed by atoms with Crippen LogP contribution >= 0.6 is 0 Å². The van der Waals surface area contributed by atoms with Gasteiger partial charge in [-0.2, -0.15) is 17.0 Å². The van der Waals surface area contributed by atoms with Crippen LogP contribution in [-0.4, -0.2) is 48.5 Å². The predicted molar refractivity (Wildman–Crippen MR) is 81.0 cm³/mol. The van der Waals surface area contributed by atoms with Gasteiger partial charge in [0, 0.05) is 38.0 Å². The van der Waals surface area contributed by atoms with Gasteiger partial charge in [-0.3, -0.25) is 4.79 Å². The Bertz CT molecular complexity index is 483. The van der Waals surface area contributed by atoms with Gasteiger partial charge in [0.2, 0.25) is 0 Å². The van der Waals surface area contributed by atoms with E-state index in [1.807, 2.05) is 0 Å². The first-order valence-corrected chi connectivity index (χ1v) is 9.80. The van der Waals surface area contributed by atoms with Crippen molar-refractivity contribution in [3.8, 4) is 0 Å². The number of hydrogen-bond donors (Lipinski definition) is 0. The minimum atomic E-state index is -3.38. The fourth-order valence-electron chi connectivity index (χ4n) is 4.12. The summed E-state index contributed by atoms with van der Waals surface area (Å²) in [6.07, 6.45) is 8.34. The second kappa shape index (κ2) is 6.34. The molecule has 0 N–H and O–H groups in total. The quantitative estimate of drug-likeness (QED) is 0.800. The van der Waals surface area contributed by atoms with Crippen molar-refractivity contribution in [2.75, 3.05) is 19.6 Å². The molecule has 0 amide bonds. The van der Waals surface area contributed by atoms with Gasteiger partial charge in [-0.1, -0.05) is 12.8 Å². The van der Waals surface area contributed by atoms with Crippen molar-refractivity contribution in [2.24, 2.45) is 5.92 Å². The molecule has 120 valence electrons. The zero-order chi connectivity index (χ0) is 14.9. The molecular formula is C15H26N2O3S. The summed E-state index contributed by atoms with van der Waals surface area (Å²) in [5, 5.41) is 0. The minimum absolute atomic E-state index is 0.0470. The highest BCUT2D eigenvalue weighted by Crippen LogP contribution is 2.35. The van der Waals surface area contributed by atoms with Crippen molar-refractivity contribution in [3.63, 3.8) is 0 Å². The van der Waals surface area contributed by atoms with Gasteiger partial charge in [0.1, 0.15) is 5.78 Å². The normalized spacial score (nSPS) is 33.4. The summed E-state index contributed by atoms with van der Waals surface area (Å²) >= 11 is 0. The molecule has 2 saturated heterocycles. The second-order valence-electron chi connectivity index (χ2n) is 6.61. The molecule has 2 atom stereocenters. The maximum Gasteiger partial charge on any atom is 0.282 e. The van der Waals surface area contributed by atoms with Crippen molar-refractivity contribution in [3.05, 3.63) is 0 Å². The van der Waals surface area contributed by atoms with Gasteiger partial charge >= 0.3 is 0 Å². The highest BCUT2D eigenvalue weighted by Gasteiger charge is 2.44. The lowest BCUT2D eigenvalue weighted by molar-refractivity contribution is -0.121. The van der Waals surface area contributed by atoms with Crippen molar-refractivity contribution in [1.82, 2.24) is 8.61 Å². The minimum Gasteiger partial charge on any atom is -0.299 e. The Balaban J connectivity index is 1.78. The van der Waals surface area contributed by atoms with Crippen molar-refractivity contribution in [1.29, 1.82) is 0 Å². The maximum absolute atomic E-state index is 13.0. The first-order chi connectivity index (χ1) is 10.1. The molecule has 1 saturated carbocycles. The van der Waals surface area contributed by atoms with Crippen LogP contribution in [0, 0.1) is 5.92 Å². The van der Waals surface area contributed by atoms with Crippen LogP contribution in [0.3, 0.4) is 0 Å². The van der Waals surface area contributed by atoms with Gasteiger partial charge in [-0.15, -0.1) is 0 Å². The average Bonchev–Trinajstić information content (AvgIpc) is 2.99. The molecule has 6 heteroatoms. The van der Waals surface area contributed by atoms with E-state index in [1.165, 1.54) is 0 Å². The first kappa shape index (κ1) is 15.4. The molecule has 0 aromatic carbocycles. The van der Waals surface area contributed by atoms with E-state index < -0.39 is 10.2 Å². The number of ketones is 1. The van der Waals surface area contributed by atoms with Crippen molar-refractivity contribution < 1.29 is 13.2 Å². The van der Waals surface area contributed by atoms with Gasteiger partial charge in [0.25, 0.3) is 10.2 Å².